The molecule has 1 aromatic rings. The van der Waals surface area contributed by atoms with Gasteiger partial charge in [-0.05, 0) is 13.8 Å². The minimum absolute atomic E-state index is 0.0796. The molecule has 5 nitrogen and oxygen atoms in total. The van der Waals surface area contributed by atoms with E-state index >= 15 is 0 Å². The van der Waals surface area contributed by atoms with E-state index in [1.165, 1.54) is 6.08 Å². The molecular formula is C9H10O5. The Labute approximate surface area is 80.0 Å². The summed E-state index contributed by atoms with van der Waals surface area (Å²) in [6.07, 6.45) is 2.57. The van der Waals surface area contributed by atoms with E-state index in [9.17, 15) is 9.59 Å². The third kappa shape index (κ3) is 2.12. The zero-order valence-electron chi connectivity index (χ0n) is 7.90. The zero-order valence-corrected chi connectivity index (χ0v) is 7.90. The van der Waals surface area contributed by atoms with Gasteiger partial charge in [-0.2, -0.15) is 0 Å². The summed E-state index contributed by atoms with van der Waals surface area (Å²) in [6, 6.07) is 0. The van der Waals surface area contributed by atoms with Crippen molar-refractivity contribution in [3.8, 4) is 0 Å². The van der Waals surface area contributed by atoms with Crippen molar-refractivity contribution in [3.05, 3.63) is 28.7 Å². The molecule has 0 saturated heterocycles. The van der Waals surface area contributed by atoms with Crippen LogP contribution in [0.1, 0.15) is 19.6 Å². The first-order valence-electron chi connectivity index (χ1n) is 4.11. The van der Waals surface area contributed by atoms with Crippen LogP contribution in [-0.4, -0.2) is 12.6 Å². The molecule has 0 aliphatic heterocycles. The Hall–Kier alpha value is -1.78. The van der Waals surface area contributed by atoms with E-state index in [1.54, 1.807) is 13.8 Å². The van der Waals surface area contributed by atoms with Crippen LogP contribution in [0.5, 0.6) is 0 Å². The summed E-state index contributed by atoms with van der Waals surface area (Å²) in [7, 11) is 0. The van der Waals surface area contributed by atoms with Gasteiger partial charge in [-0.25, -0.2) is 9.59 Å². The van der Waals surface area contributed by atoms with E-state index in [4.69, 9.17) is 4.74 Å². The van der Waals surface area contributed by atoms with Gasteiger partial charge in [0, 0.05) is 0 Å². The maximum atomic E-state index is 11.3. The third-order valence-corrected chi connectivity index (χ3v) is 1.50. The molecule has 1 aromatic heterocycles. The Morgan fingerprint density at radius 3 is 2.79 bits per heavy atom. The standard InChI is InChI=1S/C9H10O5/c1-3-6(8(10)12-4-2)7-5-13-9(11)14-7/h3,5H,4H2,1-2H3. The highest BCUT2D eigenvalue weighted by atomic mass is 16.6. The molecule has 14 heavy (non-hydrogen) atoms. The van der Waals surface area contributed by atoms with Crippen molar-refractivity contribution in [2.45, 2.75) is 13.8 Å². The minimum atomic E-state index is -0.844. The van der Waals surface area contributed by atoms with Gasteiger partial charge >= 0.3 is 11.8 Å². The van der Waals surface area contributed by atoms with Crippen molar-refractivity contribution >= 4 is 11.5 Å². The predicted molar refractivity (Wildman–Crippen MR) is 47.5 cm³/mol. The van der Waals surface area contributed by atoms with Gasteiger partial charge in [0.25, 0.3) is 0 Å². The highest BCUT2D eigenvalue weighted by Gasteiger charge is 2.16. The second-order valence-corrected chi connectivity index (χ2v) is 2.37. The maximum absolute atomic E-state index is 11.3. The van der Waals surface area contributed by atoms with Crippen LogP contribution in [-0.2, 0) is 9.53 Å². The highest BCUT2D eigenvalue weighted by molar-refractivity contribution is 6.15. The van der Waals surface area contributed by atoms with Gasteiger partial charge in [0.15, 0.2) is 5.76 Å². The van der Waals surface area contributed by atoms with Crippen molar-refractivity contribution < 1.29 is 18.4 Å². The molecule has 0 aromatic carbocycles. The fourth-order valence-corrected chi connectivity index (χ4v) is 0.928. The number of hydrogen-bond acceptors (Lipinski definition) is 5. The van der Waals surface area contributed by atoms with E-state index in [1.807, 2.05) is 0 Å². The molecule has 0 amide bonds. The Balaban J connectivity index is 2.94. The highest BCUT2D eigenvalue weighted by Crippen LogP contribution is 2.14. The first-order valence-corrected chi connectivity index (χ1v) is 4.11. The summed E-state index contributed by atoms with van der Waals surface area (Å²) in [6.45, 7) is 3.59. The van der Waals surface area contributed by atoms with Crippen LogP contribution in [0, 0.1) is 0 Å². The Morgan fingerprint density at radius 2 is 2.36 bits per heavy atom. The SMILES string of the molecule is CC=C(C(=O)OCC)c1coc(=O)o1. The summed E-state index contributed by atoms with van der Waals surface area (Å²) >= 11 is 0. The molecular weight excluding hydrogens is 188 g/mol. The van der Waals surface area contributed by atoms with E-state index in [-0.39, 0.29) is 17.9 Å². The summed E-state index contributed by atoms with van der Waals surface area (Å²) in [5, 5.41) is 0. The molecule has 5 heteroatoms. The minimum Gasteiger partial charge on any atom is -0.462 e. The Bertz CT molecular complexity index is 395. The quantitative estimate of drug-likeness (QED) is 0.539. The number of carbonyl (C=O) groups excluding carboxylic acids is 1. The van der Waals surface area contributed by atoms with Gasteiger partial charge in [0.1, 0.15) is 11.8 Å². The number of ether oxygens (including phenoxy) is 1. The molecule has 1 heterocycles. The van der Waals surface area contributed by atoms with Gasteiger partial charge in [-0.15, -0.1) is 0 Å². The monoisotopic (exact) mass is 198 g/mol. The van der Waals surface area contributed by atoms with Gasteiger partial charge in [-0.3, -0.25) is 0 Å². The van der Waals surface area contributed by atoms with Crippen molar-refractivity contribution in [1.82, 2.24) is 0 Å². The van der Waals surface area contributed by atoms with Gasteiger partial charge < -0.3 is 13.6 Å². The lowest BCUT2D eigenvalue weighted by Crippen LogP contribution is -2.06. The van der Waals surface area contributed by atoms with Gasteiger partial charge in [-0.1, -0.05) is 6.08 Å². The topological polar surface area (TPSA) is 69.7 Å². The number of rotatable bonds is 3. The van der Waals surface area contributed by atoms with Crippen molar-refractivity contribution in [2.24, 2.45) is 0 Å². The number of esters is 1. The van der Waals surface area contributed by atoms with Crippen LogP contribution >= 0.6 is 0 Å². The summed E-state index contributed by atoms with van der Waals surface area (Å²) in [5.74, 6) is -1.31. The fraction of sp³-hybridized carbons (Fsp3) is 0.333. The first kappa shape index (κ1) is 10.3. The molecule has 0 bridgehead atoms. The Morgan fingerprint density at radius 1 is 1.64 bits per heavy atom. The lowest BCUT2D eigenvalue weighted by molar-refractivity contribution is -0.136. The summed E-state index contributed by atoms with van der Waals surface area (Å²) < 4.78 is 13.8. The number of hydrogen-bond donors (Lipinski definition) is 0. The van der Waals surface area contributed by atoms with Gasteiger partial charge in [0.05, 0.1) is 6.61 Å². The molecule has 0 aliphatic carbocycles. The fourth-order valence-electron chi connectivity index (χ4n) is 0.928. The second-order valence-electron chi connectivity index (χ2n) is 2.37. The van der Waals surface area contributed by atoms with Crippen LogP contribution in [0.2, 0.25) is 0 Å². The van der Waals surface area contributed by atoms with Gasteiger partial charge in [0.2, 0.25) is 0 Å². The molecule has 0 fully saturated rings. The predicted octanol–water partition coefficient (Wildman–Crippen LogP) is 1.20. The summed E-state index contributed by atoms with van der Waals surface area (Å²) in [5.41, 5.74) is 0.178. The van der Waals surface area contributed by atoms with Crippen LogP contribution in [0.4, 0.5) is 0 Å². The smallest absolute Gasteiger partial charge is 0.462 e. The average Bonchev–Trinajstić information content (AvgIpc) is 2.54. The normalized spacial score (nSPS) is 11.4. The first-order chi connectivity index (χ1) is 6.69. The Kier molecular flexibility index (Phi) is 3.28. The molecule has 0 N–H and O–H groups in total. The van der Waals surface area contributed by atoms with E-state index in [0.717, 1.165) is 6.26 Å². The lowest BCUT2D eigenvalue weighted by Gasteiger charge is -2.01. The third-order valence-electron chi connectivity index (χ3n) is 1.50. The second kappa shape index (κ2) is 4.45. The van der Waals surface area contributed by atoms with Crippen LogP contribution in [0.25, 0.3) is 5.57 Å². The largest absolute Gasteiger partial charge is 0.519 e. The molecule has 1 rings (SSSR count). The van der Waals surface area contributed by atoms with E-state index in [0.29, 0.717) is 0 Å². The molecule has 0 atom stereocenters. The van der Waals surface area contributed by atoms with Crippen LogP contribution < -0.4 is 5.82 Å². The summed E-state index contributed by atoms with van der Waals surface area (Å²) in [4.78, 5) is 21.9. The van der Waals surface area contributed by atoms with Crippen LogP contribution in [0.15, 0.2) is 26.0 Å². The molecule has 0 spiro atoms. The number of allylic oxidation sites excluding steroid dienone is 1. The van der Waals surface area contributed by atoms with E-state index in [2.05, 4.69) is 8.83 Å². The van der Waals surface area contributed by atoms with Crippen molar-refractivity contribution in [1.29, 1.82) is 0 Å². The molecule has 76 valence electrons. The molecule has 0 saturated carbocycles. The zero-order chi connectivity index (χ0) is 10.6. The lowest BCUT2D eigenvalue weighted by atomic mass is 10.2. The van der Waals surface area contributed by atoms with Crippen molar-refractivity contribution in [3.63, 3.8) is 0 Å². The molecule has 0 aliphatic rings. The van der Waals surface area contributed by atoms with Crippen LogP contribution in [0.3, 0.4) is 0 Å². The average molecular weight is 198 g/mol. The maximum Gasteiger partial charge on any atom is 0.519 e. The number of carbonyl (C=O) groups is 1. The van der Waals surface area contributed by atoms with E-state index < -0.39 is 11.8 Å². The molecule has 0 unspecified atom stereocenters. The van der Waals surface area contributed by atoms with Crippen molar-refractivity contribution in [2.75, 3.05) is 6.61 Å². The molecule has 0 radical (unpaired) electrons.